The van der Waals surface area contributed by atoms with Crippen molar-refractivity contribution < 1.29 is 4.79 Å². The molecule has 9 heavy (non-hydrogen) atoms. The van der Waals surface area contributed by atoms with Gasteiger partial charge in [0.05, 0.1) is 6.17 Å². The molecule has 0 aromatic rings. The summed E-state index contributed by atoms with van der Waals surface area (Å²) in [5.41, 5.74) is 10.2. The summed E-state index contributed by atoms with van der Waals surface area (Å²) in [6, 6.07) is -0.559. The van der Waals surface area contributed by atoms with Gasteiger partial charge in [-0.05, 0) is 6.42 Å². The molecule has 5 N–H and O–H groups in total. The first-order chi connectivity index (χ1) is 4.16. The largest absolute Gasteiger partial charge is 0.352 e. The van der Waals surface area contributed by atoms with Crippen LogP contribution in [0.25, 0.3) is 0 Å². The van der Waals surface area contributed by atoms with Gasteiger partial charge in [0, 0.05) is 0 Å². The summed E-state index contributed by atoms with van der Waals surface area (Å²) in [5, 5.41) is 2.36. The first-order valence-corrected chi connectivity index (χ1v) is 2.98. The molecule has 0 fully saturated rings. The Labute approximate surface area is 54.6 Å². The van der Waals surface area contributed by atoms with Gasteiger partial charge in [-0.15, -0.1) is 0 Å². The number of rotatable bonds is 3. The Morgan fingerprint density at radius 3 is 2.67 bits per heavy atom. The molecule has 0 aromatic carbocycles. The molecule has 4 heteroatoms. The van der Waals surface area contributed by atoms with E-state index in [-0.39, 0.29) is 6.17 Å². The highest BCUT2D eigenvalue weighted by molar-refractivity contribution is 5.71. The maximum Gasteiger partial charge on any atom is 0.313 e. The van der Waals surface area contributed by atoms with Gasteiger partial charge in [-0.3, -0.25) is 0 Å². The molecule has 0 rings (SSSR count). The average Bonchev–Trinajstić information content (AvgIpc) is 1.63. The maximum atomic E-state index is 10.1. The molecule has 2 amide bonds. The molecule has 0 heterocycles. The van der Waals surface area contributed by atoms with E-state index < -0.39 is 6.03 Å². The molecule has 0 aliphatic carbocycles. The smallest absolute Gasteiger partial charge is 0.313 e. The molecule has 0 radical (unpaired) electrons. The number of hydrogen-bond donors (Lipinski definition) is 3. The molecule has 1 atom stereocenters. The first-order valence-electron chi connectivity index (χ1n) is 2.98. The summed E-state index contributed by atoms with van der Waals surface area (Å²) in [6.45, 7) is 1.99. The number of amides is 2. The van der Waals surface area contributed by atoms with Crippen LogP contribution < -0.4 is 16.8 Å². The molecule has 0 aromatic heterocycles. The maximum absolute atomic E-state index is 10.1. The van der Waals surface area contributed by atoms with E-state index in [9.17, 15) is 4.79 Å². The van der Waals surface area contributed by atoms with E-state index in [1.54, 1.807) is 0 Å². The summed E-state index contributed by atoms with van der Waals surface area (Å²) >= 11 is 0. The summed E-state index contributed by atoms with van der Waals surface area (Å²) in [7, 11) is 0. The molecular weight excluding hydrogens is 118 g/mol. The lowest BCUT2D eigenvalue weighted by molar-refractivity contribution is 0.244. The Bertz CT molecular complexity index is 94.2. The van der Waals surface area contributed by atoms with E-state index in [4.69, 9.17) is 11.5 Å². The zero-order valence-electron chi connectivity index (χ0n) is 5.55. The lowest BCUT2D eigenvalue weighted by Crippen LogP contribution is -2.44. The number of hydrogen-bond acceptors (Lipinski definition) is 2. The van der Waals surface area contributed by atoms with Gasteiger partial charge in [0.2, 0.25) is 0 Å². The fourth-order valence-corrected chi connectivity index (χ4v) is 0.566. The zero-order valence-corrected chi connectivity index (χ0v) is 5.55. The molecule has 0 spiro atoms. The molecule has 54 valence electrons. The molecule has 0 aliphatic rings. The lowest BCUT2D eigenvalue weighted by atomic mass is 10.3. The summed E-state index contributed by atoms with van der Waals surface area (Å²) in [6.07, 6.45) is 1.43. The van der Waals surface area contributed by atoms with Gasteiger partial charge in [-0.1, -0.05) is 13.3 Å². The van der Waals surface area contributed by atoms with Crippen molar-refractivity contribution in [1.29, 1.82) is 0 Å². The zero-order chi connectivity index (χ0) is 7.28. The van der Waals surface area contributed by atoms with Crippen LogP contribution in [0.1, 0.15) is 19.8 Å². The Hall–Kier alpha value is -0.770. The number of carbonyl (C=O) groups is 1. The van der Waals surface area contributed by atoms with Gasteiger partial charge in [0.15, 0.2) is 0 Å². The number of primary amides is 1. The molecule has 0 saturated carbocycles. The van der Waals surface area contributed by atoms with Crippen molar-refractivity contribution in [1.82, 2.24) is 5.32 Å². The number of nitrogens with two attached hydrogens (primary N) is 2. The summed E-state index contributed by atoms with van der Waals surface area (Å²) in [5.74, 6) is 0. The van der Waals surface area contributed by atoms with E-state index in [1.165, 1.54) is 0 Å². The highest BCUT2D eigenvalue weighted by Crippen LogP contribution is 1.87. The normalized spacial score (nSPS) is 12.7. The Morgan fingerprint density at radius 2 is 2.33 bits per heavy atom. The number of urea groups is 1. The highest BCUT2D eigenvalue weighted by Gasteiger charge is 1.99. The predicted octanol–water partition coefficient (Wildman–Crippen LogP) is -0.260. The van der Waals surface area contributed by atoms with E-state index in [2.05, 4.69) is 5.32 Å². The highest BCUT2D eigenvalue weighted by atomic mass is 16.2. The van der Waals surface area contributed by atoms with E-state index in [1.807, 2.05) is 6.92 Å². The van der Waals surface area contributed by atoms with Crippen LogP contribution in [-0.2, 0) is 0 Å². The second-order valence-electron chi connectivity index (χ2n) is 1.90. The first kappa shape index (κ1) is 8.23. The quantitative estimate of drug-likeness (QED) is 0.461. The van der Waals surface area contributed by atoms with Crippen molar-refractivity contribution in [2.24, 2.45) is 11.5 Å². The van der Waals surface area contributed by atoms with Gasteiger partial charge in [0.1, 0.15) is 0 Å². The summed E-state index contributed by atoms with van der Waals surface area (Å²) < 4.78 is 0. The van der Waals surface area contributed by atoms with Crippen molar-refractivity contribution in [2.45, 2.75) is 25.9 Å². The molecule has 0 aliphatic heterocycles. The predicted molar refractivity (Wildman–Crippen MR) is 35.6 cm³/mol. The van der Waals surface area contributed by atoms with Gasteiger partial charge in [-0.2, -0.15) is 0 Å². The third-order valence-corrected chi connectivity index (χ3v) is 0.927. The van der Waals surface area contributed by atoms with Crippen LogP contribution >= 0.6 is 0 Å². The Kier molecular flexibility index (Phi) is 3.79. The van der Waals surface area contributed by atoms with Crippen LogP contribution in [-0.4, -0.2) is 12.2 Å². The summed E-state index contributed by atoms with van der Waals surface area (Å²) in [4.78, 5) is 10.1. The van der Waals surface area contributed by atoms with Crippen molar-refractivity contribution in [2.75, 3.05) is 0 Å². The van der Waals surface area contributed by atoms with Crippen LogP contribution in [0.4, 0.5) is 4.79 Å². The minimum Gasteiger partial charge on any atom is -0.352 e. The minimum absolute atomic E-state index is 0.285. The molecule has 0 bridgehead atoms. The monoisotopic (exact) mass is 131 g/mol. The molecule has 4 nitrogen and oxygen atoms in total. The van der Waals surface area contributed by atoms with Crippen LogP contribution in [0.2, 0.25) is 0 Å². The van der Waals surface area contributed by atoms with Crippen molar-refractivity contribution in [3.8, 4) is 0 Å². The van der Waals surface area contributed by atoms with Gasteiger partial charge < -0.3 is 16.8 Å². The third-order valence-electron chi connectivity index (χ3n) is 0.927. The van der Waals surface area contributed by atoms with Crippen molar-refractivity contribution in [3.05, 3.63) is 0 Å². The van der Waals surface area contributed by atoms with E-state index in [0.29, 0.717) is 0 Å². The van der Waals surface area contributed by atoms with Gasteiger partial charge in [-0.25, -0.2) is 4.79 Å². The minimum atomic E-state index is -0.559. The second-order valence-corrected chi connectivity index (χ2v) is 1.90. The van der Waals surface area contributed by atoms with Gasteiger partial charge in [0.25, 0.3) is 0 Å². The standard InChI is InChI=1S/C5H13N3O/c1-2-3-4(6)8-5(7)9/h4H,2-3,6H2,1H3,(H3,7,8,9). The van der Waals surface area contributed by atoms with E-state index >= 15 is 0 Å². The van der Waals surface area contributed by atoms with E-state index in [0.717, 1.165) is 12.8 Å². The van der Waals surface area contributed by atoms with Crippen LogP contribution in [0.5, 0.6) is 0 Å². The SMILES string of the molecule is CCCC(N)NC(N)=O. The van der Waals surface area contributed by atoms with Crippen LogP contribution in [0.3, 0.4) is 0 Å². The van der Waals surface area contributed by atoms with Crippen LogP contribution in [0, 0.1) is 0 Å². The third kappa shape index (κ3) is 5.10. The second kappa shape index (κ2) is 4.14. The van der Waals surface area contributed by atoms with Crippen molar-refractivity contribution in [3.63, 3.8) is 0 Å². The molecule has 0 saturated heterocycles. The molecule has 1 unspecified atom stereocenters. The van der Waals surface area contributed by atoms with Crippen LogP contribution in [0.15, 0.2) is 0 Å². The topological polar surface area (TPSA) is 81.1 Å². The van der Waals surface area contributed by atoms with Gasteiger partial charge >= 0.3 is 6.03 Å². The Morgan fingerprint density at radius 1 is 1.78 bits per heavy atom. The number of nitrogens with one attached hydrogen (secondary N) is 1. The van der Waals surface area contributed by atoms with Crippen molar-refractivity contribution >= 4 is 6.03 Å². The lowest BCUT2D eigenvalue weighted by Gasteiger charge is -2.08. The fraction of sp³-hybridized carbons (Fsp3) is 0.800. The number of carbonyl (C=O) groups excluding carboxylic acids is 1. The molecular formula is C5H13N3O. The average molecular weight is 131 g/mol. The Balaban J connectivity index is 3.26. The fourth-order valence-electron chi connectivity index (χ4n) is 0.566.